The van der Waals surface area contributed by atoms with E-state index in [0.29, 0.717) is 22.5 Å². The molecule has 0 atom stereocenters. The quantitative estimate of drug-likeness (QED) is 0.891. The summed E-state index contributed by atoms with van der Waals surface area (Å²) in [4.78, 5) is 25.1. The Morgan fingerprint density at radius 2 is 2.22 bits per heavy atom. The van der Waals surface area contributed by atoms with Crippen molar-refractivity contribution in [2.24, 2.45) is 0 Å². The number of aryl methyl sites for hydroxylation is 1. The van der Waals surface area contributed by atoms with E-state index in [1.165, 1.54) is 16.2 Å². The highest BCUT2D eigenvalue weighted by Crippen LogP contribution is 2.38. The SMILES string of the molecule is N#Cc1c(NC(=O)c2ccc3c(c2)CC(=O)N3)sc2c1CCC2. The van der Waals surface area contributed by atoms with E-state index in [9.17, 15) is 14.9 Å². The van der Waals surface area contributed by atoms with Gasteiger partial charge in [-0.2, -0.15) is 5.26 Å². The third kappa shape index (κ3) is 2.30. The van der Waals surface area contributed by atoms with Crippen molar-refractivity contribution in [2.75, 3.05) is 10.6 Å². The minimum absolute atomic E-state index is 0.0565. The molecule has 2 heterocycles. The molecule has 2 aliphatic rings. The number of thiophene rings is 1. The lowest BCUT2D eigenvalue weighted by Gasteiger charge is -2.06. The van der Waals surface area contributed by atoms with E-state index < -0.39 is 0 Å². The average molecular weight is 323 g/mol. The Bertz CT molecular complexity index is 892. The first-order chi connectivity index (χ1) is 11.2. The zero-order valence-electron chi connectivity index (χ0n) is 12.2. The number of nitrogens with zero attached hydrogens (tertiary/aromatic N) is 1. The molecule has 2 aromatic rings. The molecule has 0 saturated carbocycles. The van der Waals surface area contributed by atoms with Crippen LogP contribution in [0.5, 0.6) is 0 Å². The highest BCUT2D eigenvalue weighted by atomic mass is 32.1. The van der Waals surface area contributed by atoms with Gasteiger partial charge < -0.3 is 10.6 Å². The van der Waals surface area contributed by atoms with Gasteiger partial charge >= 0.3 is 0 Å². The van der Waals surface area contributed by atoms with Gasteiger partial charge in [-0.3, -0.25) is 9.59 Å². The molecule has 6 heteroatoms. The first kappa shape index (κ1) is 14.0. The second kappa shape index (κ2) is 5.21. The van der Waals surface area contributed by atoms with Crippen LogP contribution < -0.4 is 10.6 Å². The van der Waals surface area contributed by atoms with Crippen LogP contribution in [0, 0.1) is 11.3 Å². The maximum absolute atomic E-state index is 12.5. The molecule has 1 aromatic carbocycles. The van der Waals surface area contributed by atoms with Crippen LogP contribution in [0.1, 0.15) is 38.3 Å². The van der Waals surface area contributed by atoms with E-state index in [4.69, 9.17) is 0 Å². The number of amides is 2. The summed E-state index contributed by atoms with van der Waals surface area (Å²) < 4.78 is 0. The zero-order valence-corrected chi connectivity index (χ0v) is 13.0. The predicted octanol–water partition coefficient (Wildman–Crippen LogP) is 2.86. The van der Waals surface area contributed by atoms with Gasteiger partial charge in [0.1, 0.15) is 11.1 Å². The molecule has 1 aromatic heterocycles. The monoisotopic (exact) mass is 323 g/mol. The standard InChI is InChI=1S/C17H13N3O2S/c18-8-12-11-2-1-3-14(11)23-17(12)20-16(22)9-4-5-13-10(6-9)7-15(21)19-13/h4-6H,1-3,7H2,(H,19,21)(H,20,22). The summed E-state index contributed by atoms with van der Waals surface area (Å²) >= 11 is 1.50. The van der Waals surface area contributed by atoms with Gasteiger partial charge in [-0.15, -0.1) is 11.3 Å². The van der Waals surface area contributed by atoms with Gasteiger partial charge in [0.15, 0.2) is 0 Å². The largest absolute Gasteiger partial charge is 0.326 e. The van der Waals surface area contributed by atoms with Crippen molar-refractivity contribution in [3.05, 3.63) is 45.3 Å². The number of hydrogen-bond acceptors (Lipinski definition) is 4. The number of carbonyl (C=O) groups is 2. The van der Waals surface area contributed by atoms with E-state index in [1.807, 2.05) is 0 Å². The molecule has 0 fully saturated rings. The van der Waals surface area contributed by atoms with Crippen LogP contribution >= 0.6 is 11.3 Å². The van der Waals surface area contributed by atoms with Crippen molar-refractivity contribution in [1.82, 2.24) is 0 Å². The Hall–Kier alpha value is -2.65. The molecule has 0 saturated heterocycles. The highest BCUT2D eigenvalue weighted by molar-refractivity contribution is 7.16. The number of fused-ring (bicyclic) bond motifs is 2. The normalized spacial score (nSPS) is 14.8. The molecule has 0 radical (unpaired) electrons. The molecule has 1 aliphatic heterocycles. The number of nitriles is 1. The van der Waals surface area contributed by atoms with E-state index in [1.54, 1.807) is 18.2 Å². The number of hydrogen-bond donors (Lipinski definition) is 2. The topological polar surface area (TPSA) is 82.0 Å². The van der Waals surface area contributed by atoms with E-state index in [-0.39, 0.29) is 11.8 Å². The Morgan fingerprint density at radius 1 is 1.35 bits per heavy atom. The third-order valence-electron chi connectivity index (χ3n) is 4.25. The molecule has 5 nitrogen and oxygen atoms in total. The van der Waals surface area contributed by atoms with Crippen molar-refractivity contribution >= 4 is 33.8 Å². The Kier molecular flexibility index (Phi) is 3.17. The van der Waals surface area contributed by atoms with Gasteiger partial charge in [-0.1, -0.05) is 0 Å². The minimum Gasteiger partial charge on any atom is -0.326 e. The van der Waals surface area contributed by atoms with E-state index >= 15 is 0 Å². The van der Waals surface area contributed by atoms with Gasteiger partial charge in [0, 0.05) is 16.1 Å². The van der Waals surface area contributed by atoms with E-state index in [0.717, 1.165) is 36.1 Å². The number of anilines is 2. The molecule has 0 spiro atoms. The van der Waals surface area contributed by atoms with Crippen molar-refractivity contribution < 1.29 is 9.59 Å². The Morgan fingerprint density at radius 3 is 3.04 bits per heavy atom. The lowest BCUT2D eigenvalue weighted by Crippen LogP contribution is -2.12. The molecular formula is C17H13N3O2S. The smallest absolute Gasteiger partial charge is 0.256 e. The average Bonchev–Trinajstić information content (AvgIpc) is 3.18. The lowest BCUT2D eigenvalue weighted by atomic mass is 10.1. The summed E-state index contributed by atoms with van der Waals surface area (Å²) in [5, 5.41) is 15.6. The van der Waals surface area contributed by atoms with Gasteiger partial charge in [0.2, 0.25) is 5.91 Å². The number of rotatable bonds is 2. The van der Waals surface area contributed by atoms with E-state index in [2.05, 4.69) is 16.7 Å². The van der Waals surface area contributed by atoms with Crippen LogP contribution in [0.3, 0.4) is 0 Å². The van der Waals surface area contributed by atoms with Crippen LogP contribution in [0.2, 0.25) is 0 Å². The number of nitrogens with one attached hydrogen (secondary N) is 2. The maximum Gasteiger partial charge on any atom is 0.256 e. The molecule has 4 rings (SSSR count). The molecule has 114 valence electrons. The van der Waals surface area contributed by atoms with Crippen molar-refractivity contribution in [1.29, 1.82) is 5.26 Å². The number of carbonyl (C=O) groups excluding carboxylic acids is 2. The van der Waals surface area contributed by atoms with Crippen molar-refractivity contribution in [2.45, 2.75) is 25.7 Å². The minimum atomic E-state index is -0.247. The molecule has 2 N–H and O–H groups in total. The Balaban J connectivity index is 1.61. The van der Waals surface area contributed by atoms with Gasteiger partial charge in [0.05, 0.1) is 12.0 Å². The second-order valence-electron chi connectivity index (χ2n) is 5.72. The first-order valence-electron chi connectivity index (χ1n) is 7.44. The van der Waals surface area contributed by atoms with Crippen molar-refractivity contribution in [3.63, 3.8) is 0 Å². The van der Waals surface area contributed by atoms with Crippen LogP contribution in [0.4, 0.5) is 10.7 Å². The summed E-state index contributed by atoms with van der Waals surface area (Å²) in [6.45, 7) is 0. The fourth-order valence-electron chi connectivity index (χ4n) is 3.16. The van der Waals surface area contributed by atoms with Crippen LogP contribution in [-0.2, 0) is 24.1 Å². The van der Waals surface area contributed by atoms with Gasteiger partial charge in [0.25, 0.3) is 5.91 Å². The number of benzene rings is 1. The predicted molar refractivity (Wildman–Crippen MR) is 87.8 cm³/mol. The van der Waals surface area contributed by atoms with Crippen LogP contribution in [0.15, 0.2) is 18.2 Å². The lowest BCUT2D eigenvalue weighted by molar-refractivity contribution is -0.115. The maximum atomic E-state index is 12.5. The van der Waals surface area contributed by atoms with Gasteiger partial charge in [-0.05, 0) is 48.6 Å². The second-order valence-corrected chi connectivity index (χ2v) is 6.83. The highest BCUT2D eigenvalue weighted by Gasteiger charge is 2.24. The molecule has 23 heavy (non-hydrogen) atoms. The Labute approximate surface area is 136 Å². The summed E-state index contributed by atoms with van der Waals surface area (Å²) in [7, 11) is 0. The van der Waals surface area contributed by atoms with Crippen LogP contribution in [-0.4, -0.2) is 11.8 Å². The fourth-order valence-corrected chi connectivity index (χ4v) is 4.39. The summed E-state index contributed by atoms with van der Waals surface area (Å²) in [5.74, 6) is -0.303. The summed E-state index contributed by atoms with van der Waals surface area (Å²) in [5.41, 5.74) is 3.79. The zero-order chi connectivity index (χ0) is 16.0. The molecule has 0 unspecified atom stereocenters. The van der Waals surface area contributed by atoms with Gasteiger partial charge in [-0.25, -0.2) is 0 Å². The summed E-state index contributed by atoms with van der Waals surface area (Å²) in [6, 6.07) is 7.39. The molecule has 0 bridgehead atoms. The molecule has 2 amide bonds. The third-order valence-corrected chi connectivity index (χ3v) is 5.46. The fraction of sp³-hybridized carbons (Fsp3) is 0.235. The molecular weight excluding hydrogens is 310 g/mol. The first-order valence-corrected chi connectivity index (χ1v) is 8.26. The van der Waals surface area contributed by atoms with Crippen molar-refractivity contribution in [3.8, 4) is 6.07 Å². The van der Waals surface area contributed by atoms with Crippen LogP contribution in [0.25, 0.3) is 0 Å². The summed E-state index contributed by atoms with van der Waals surface area (Å²) in [6.07, 6.45) is 3.28. The molecule has 1 aliphatic carbocycles.